The first-order valence-corrected chi connectivity index (χ1v) is 13.0. The van der Waals surface area contributed by atoms with Crippen molar-refractivity contribution in [1.82, 2.24) is 20.3 Å². The van der Waals surface area contributed by atoms with Gasteiger partial charge in [-0.3, -0.25) is 24.7 Å². The first-order chi connectivity index (χ1) is 19.4. The van der Waals surface area contributed by atoms with E-state index in [4.69, 9.17) is 19.9 Å². The van der Waals surface area contributed by atoms with Gasteiger partial charge in [-0.2, -0.15) is 0 Å². The molecule has 0 bridgehead atoms. The lowest BCUT2D eigenvalue weighted by Crippen LogP contribution is -2.37. The van der Waals surface area contributed by atoms with Gasteiger partial charge in [-0.25, -0.2) is 15.4 Å². The van der Waals surface area contributed by atoms with Gasteiger partial charge in [0.25, 0.3) is 0 Å². The number of benzene rings is 1. The predicted octanol–water partition coefficient (Wildman–Crippen LogP) is 2.65. The summed E-state index contributed by atoms with van der Waals surface area (Å²) in [5.74, 6) is 2.15. The Balaban J connectivity index is 0.00000178. The fourth-order valence-electron chi connectivity index (χ4n) is 3.84. The van der Waals surface area contributed by atoms with Crippen molar-refractivity contribution >= 4 is 43.3 Å². The number of aldehydes is 1. The predicted molar refractivity (Wildman–Crippen MR) is 163 cm³/mol. The van der Waals surface area contributed by atoms with E-state index in [2.05, 4.69) is 69.4 Å². The summed E-state index contributed by atoms with van der Waals surface area (Å²) in [6, 6.07) is 8.36. The van der Waals surface area contributed by atoms with Gasteiger partial charge in [0.1, 0.15) is 5.69 Å². The highest BCUT2D eigenvalue weighted by Crippen LogP contribution is 2.37. The number of hydrogen-bond acceptors (Lipinski definition) is 12. The molecule has 40 heavy (non-hydrogen) atoms. The molecule has 12 heteroatoms. The van der Waals surface area contributed by atoms with Crippen LogP contribution in [0.25, 0.3) is 11.4 Å². The van der Waals surface area contributed by atoms with Crippen LogP contribution in [0, 0.1) is 0 Å². The zero-order chi connectivity index (χ0) is 29.3. The Morgan fingerprint density at radius 3 is 2.42 bits per heavy atom. The van der Waals surface area contributed by atoms with E-state index < -0.39 is 0 Å². The van der Waals surface area contributed by atoms with Crippen LogP contribution in [0.15, 0.2) is 51.0 Å². The number of aliphatic imine (C=N–C) groups is 3. The molecule has 0 unspecified atom stereocenters. The lowest BCUT2D eigenvalue weighted by molar-refractivity contribution is -0.104. The zero-order valence-corrected chi connectivity index (χ0v) is 24.0. The second-order valence-corrected chi connectivity index (χ2v) is 8.96. The van der Waals surface area contributed by atoms with Gasteiger partial charge in [-0.15, -0.1) is 0 Å². The maximum atomic E-state index is 11.0. The summed E-state index contributed by atoms with van der Waals surface area (Å²) in [5, 5.41) is 7.32. The van der Waals surface area contributed by atoms with E-state index in [0.29, 0.717) is 56.3 Å². The maximum Gasteiger partial charge on any atom is 0.164 e. The SMILES string of the molecule is C=N/C=C(C=O)\C=N/CN(C)CCN(C)c1nc(-c2ccc(CC)cc2)nc(N2CCOCC2)c1N=C.CNO. The normalized spacial score (nSPS) is 13.7. The Kier molecular flexibility index (Phi) is 14.3. The van der Waals surface area contributed by atoms with Crippen molar-refractivity contribution in [2.24, 2.45) is 15.0 Å². The summed E-state index contributed by atoms with van der Waals surface area (Å²) in [7, 11) is 5.39. The van der Waals surface area contributed by atoms with Crippen LogP contribution in [0.5, 0.6) is 0 Å². The molecular weight excluding hydrogens is 510 g/mol. The highest BCUT2D eigenvalue weighted by molar-refractivity contribution is 6.01. The number of nitrogens with one attached hydrogen (secondary N) is 1. The average Bonchev–Trinajstić information content (AvgIpc) is 2.99. The van der Waals surface area contributed by atoms with Crippen LogP contribution in [0.2, 0.25) is 0 Å². The zero-order valence-electron chi connectivity index (χ0n) is 24.0. The number of carbonyl (C=O) groups is 1. The van der Waals surface area contributed by atoms with Crippen molar-refractivity contribution in [3.8, 4) is 11.4 Å². The smallest absolute Gasteiger partial charge is 0.164 e. The van der Waals surface area contributed by atoms with E-state index in [-0.39, 0.29) is 0 Å². The highest BCUT2D eigenvalue weighted by atomic mass is 16.5. The monoisotopic (exact) mass is 551 g/mol. The third-order valence-electron chi connectivity index (χ3n) is 6.05. The molecule has 2 N–H and O–H groups in total. The molecule has 0 spiro atoms. The number of anilines is 2. The lowest BCUT2D eigenvalue weighted by atomic mass is 10.1. The number of likely N-dealkylation sites (N-methyl/N-ethyl adjacent to an activating group) is 2. The number of carbonyl (C=O) groups excluding carboxylic acids is 1. The Morgan fingerprint density at radius 2 is 1.85 bits per heavy atom. The van der Waals surface area contributed by atoms with Crippen molar-refractivity contribution in [3.05, 3.63) is 41.6 Å². The van der Waals surface area contributed by atoms with Crippen LogP contribution in [0.1, 0.15) is 12.5 Å². The van der Waals surface area contributed by atoms with Crippen LogP contribution in [-0.4, -0.2) is 113 Å². The molecule has 1 aromatic carbocycles. The van der Waals surface area contributed by atoms with Crippen molar-refractivity contribution < 1.29 is 14.7 Å². The molecule has 1 fully saturated rings. The largest absolute Gasteiger partial charge is 0.378 e. The molecule has 0 saturated carbocycles. The number of rotatable bonds is 13. The van der Waals surface area contributed by atoms with Crippen LogP contribution < -0.4 is 15.3 Å². The second-order valence-electron chi connectivity index (χ2n) is 8.96. The van der Waals surface area contributed by atoms with Crippen molar-refractivity contribution in [2.75, 3.05) is 77.0 Å². The van der Waals surface area contributed by atoms with Gasteiger partial charge in [-0.1, -0.05) is 31.2 Å². The number of aryl methyl sites for hydroxylation is 1. The second kappa shape index (κ2) is 17.7. The summed E-state index contributed by atoms with van der Waals surface area (Å²) in [4.78, 5) is 39.4. The van der Waals surface area contributed by atoms with Crippen molar-refractivity contribution in [3.63, 3.8) is 0 Å². The number of aromatic nitrogens is 2. The Bertz CT molecular complexity index is 1150. The minimum atomic E-state index is 0.373. The van der Waals surface area contributed by atoms with Gasteiger partial charge >= 0.3 is 0 Å². The first-order valence-electron chi connectivity index (χ1n) is 13.0. The van der Waals surface area contributed by atoms with Crippen LogP contribution >= 0.6 is 0 Å². The van der Waals surface area contributed by atoms with Crippen molar-refractivity contribution in [2.45, 2.75) is 13.3 Å². The molecule has 12 nitrogen and oxygen atoms in total. The Labute approximate surface area is 236 Å². The van der Waals surface area contributed by atoms with E-state index in [1.807, 2.05) is 19.0 Å². The van der Waals surface area contributed by atoms with Crippen LogP contribution in [0.3, 0.4) is 0 Å². The molecule has 1 aliphatic heterocycles. The summed E-state index contributed by atoms with van der Waals surface area (Å²) >= 11 is 0. The van der Waals surface area contributed by atoms with E-state index in [1.165, 1.54) is 25.0 Å². The number of allylic oxidation sites excluding steroid dienone is 1. The van der Waals surface area contributed by atoms with E-state index >= 15 is 0 Å². The molecule has 1 aromatic heterocycles. The third kappa shape index (κ3) is 9.72. The number of nitrogens with zero attached hydrogens (tertiary/aromatic N) is 8. The molecule has 1 saturated heterocycles. The number of ether oxygens (including phenoxy) is 1. The molecule has 0 amide bonds. The fourth-order valence-corrected chi connectivity index (χ4v) is 3.84. The Morgan fingerprint density at radius 1 is 1.18 bits per heavy atom. The minimum absolute atomic E-state index is 0.373. The Hall–Kier alpha value is -3.84. The summed E-state index contributed by atoms with van der Waals surface area (Å²) in [6.07, 6.45) is 4.55. The van der Waals surface area contributed by atoms with Gasteiger partial charge in [0.2, 0.25) is 0 Å². The number of hydroxylamine groups is 1. The number of morpholine rings is 1. The number of hydrogen-bond donors (Lipinski definition) is 2. The third-order valence-corrected chi connectivity index (χ3v) is 6.05. The standard InChI is InChI=1S/C27H36N8O2.CH5NO/c1-6-21-7-9-23(10-8-21)25-31-26(24(29-3)27(32-25)35-13-15-37-16-14-35)34(5)12-11-33(4)20-30-18-22(19-36)17-28-2;1-2-3/h7-10,17-19H,2-3,6,11-16,20H2,1,4-5H3;2-3H,1H3/b22-17+,30-18-;. The van der Waals surface area contributed by atoms with Gasteiger partial charge in [0.05, 0.1) is 25.5 Å². The van der Waals surface area contributed by atoms with Crippen molar-refractivity contribution in [1.29, 1.82) is 0 Å². The van der Waals surface area contributed by atoms with E-state index in [0.717, 1.165) is 36.7 Å². The molecule has 0 atom stereocenters. The quantitative estimate of drug-likeness (QED) is 0.167. The molecule has 0 aliphatic carbocycles. The molecule has 2 heterocycles. The highest BCUT2D eigenvalue weighted by Gasteiger charge is 2.23. The molecule has 0 radical (unpaired) electrons. The molecule has 2 aromatic rings. The minimum Gasteiger partial charge on any atom is -0.378 e. The topological polar surface area (TPSA) is 131 Å². The fraction of sp³-hybridized carbons (Fsp3) is 0.429. The summed E-state index contributed by atoms with van der Waals surface area (Å²) in [6.45, 7) is 13.9. The maximum absolute atomic E-state index is 11.0. The van der Waals surface area contributed by atoms with Crippen LogP contribution in [0.4, 0.5) is 17.3 Å². The van der Waals surface area contributed by atoms with E-state index in [9.17, 15) is 4.79 Å². The van der Waals surface area contributed by atoms with Gasteiger partial charge < -0.3 is 19.7 Å². The molecule has 3 rings (SSSR count). The molecule has 216 valence electrons. The van der Waals surface area contributed by atoms with Crippen LogP contribution in [-0.2, 0) is 16.0 Å². The summed E-state index contributed by atoms with van der Waals surface area (Å²) in [5.41, 5.74) is 5.01. The van der Waals surface area contributed by atoms with Gasteiger partial charge in [0, 0.05) is 58.3 Å². The lowest BCUT2D eigenvalue weighted by Gasteiger charge is -2.31. The average molecular weight is 552 g/mol. The van der Waals surface area contributed by atoms with Gasteiger partial charge in [-0.05, 0) is 32.5 Å². The molecule has 1 aliphatic rings. The van der Waals surface area contributed by atoms with E-state index in [1.54, 1.807) is 5.48 Å². The van der Waals surface area contributed by atoms with Gasteiger partial charge in [0.15, 0.2) is 23.7 Å². The first kappa shape index (κ1) is 32.4. The molecular formula is C28H41N9O3. The summed E-state index contributed by atoms with van der Waals surface area (Å²) < 4.78 is 5.56.